The summed E-state index contributed by atoms with van der Waals surface area (Å²) in [7, 11) is 0. The Morgan fingerprint density at radius 2 is 1.76 bits per heavy atom. The van der Waals surface area contributed by atoms with Gasteiger partial charge in [-0.2, -0.15) is 5.10 Å². The predicted molar refractivity (Wildman–Crippen MR) is 65.9 cm³/mol. The zero-order chi connectivity index (χ0) is 11.5. The van der Waals surface area contributed by atoms with E-state index in [1.807, 2.05) is 6.20 Å². The van der Waals surface area contributed by atoms with Crippen molar-refractivity contribution in [1.29, 1.82) is 0 Å². The molecule has 3 rings (SSSR count). The molecule has 1 aliphatic carbocycles. The van der Waals surface area contributed by atoms with Gasteiger partial charge in [-0.15, -0.1) is 5.10 Å². The lowest BCUT2D eigenvalue weighted by molar-refractivity contribution is 0.438. The van der Waals surface area contributed by atoms with E-state index in [1.54, 1.807) is 0 Å². The molecular weight excluding hydrogens is 212 g/mol. The highest BCUT2D eigenvalue weighted by atomic mass is 15.1. The van der Waals surface area contributed by atoms with E-state index in [4.69, 9.17) is 4.98 Å². The Kier molecular flexibility index (Phi) is 3.31. The number of nitrogens with one attached hydrogen (secondary N) is 1. The second-order valence-electron chi connectivity index (χ2n) is 5.25. The highest BCUT2D eigenvalue weighted by Crippen LogP contribution is 2.33. The number of nitrogens with zero attached hydrogens (tertiary/aromatic N) is 3. The first kappa shape index (κ1) is 11.1. The highest BCUT2D eigenvalue weighted by Gasteiger charge is 2.22. The fraction of sp³-hybridized carbons (Fsp3) is 0.769. The van der Waals surface area contributed by atoms with Gasteiger partial charge in [0.05, 0.1) is 11.9 Å². The first-order valence-electron chi connectivity index (χ1n) is 6.84. The predicted octanol–water partition coefficient (Wildman–Crippen LogP) is 2.00. The van der Waals surface area contributed by atoms with Crippen molar-refractivity contribution < 1.29 is 0 Å². The maximum atomic E-state index is 4.78. The number of hydrogen-bond acceptors (Lipinski definition) is 4. The molecule has 0 atom stereocenters. The smallest absolute Gasteiger partial charge is 0.154 e. The molecule has 1 aliphatic heterocycles. The van der Waals surface area contributed by atoms with E-state index in [0.29, 0.717) is 11.8 Å². The van der Waals surface area contributed by atoms with E-state index in [-0.39, 0.29) is 0 Å². The van der Waals surface area contributed by atoms with Crippen LogP contribution in [0.15, 0.2) is 6.20 Å². The third kappa shape index (κ3) is 2.46. The van der Waals surface area contributed by atoms with Gasteiger partial charge in [0, 0.05) is 11.8 Å². The van der Waals surface area contributed by atoms with Gasteiger partial charge in [0.15, 0.2) is 5.82 Å². The first-order chi connectivity index (χ1) is 8.43. The van der Waals surface area contributed by atoms with Crippen molar-refractivity contribution in [1.82, 2.24) is 20.5 Å². The van der Waals surface area contributed by atoms with Crippen molar-refractivity contribution >= 4 is 0 Å². The average molecular weight is 232 g/mol. The van der Waals surface area contributed by atoms with E-state index >= 15 is 0 Å². The summed E-state index contributed by atoms with van der Waals surface area (Å²) >= 11 is 0. The van der Waals surface area contributed by atoms with Crippen molar-refractivity contribution in [3.8, 4) is 0 Å². The molecule has 0 bridgehead atoms. The van der Waals surface area contributed by atoms with Crippen LogP contribution in [0.1, 0.15) is 61.9 Å². The Hall–Kier alpha value is -1.03. The molecule has 1 saturated heterocycles. The van der Waals surface area contributed by atoms with Crippen LogP contribution in [-0.4, -0.2) is 28.3 Å². The van der Waals surface area contributed by atoms with E-state index in [1.165, 1.54) is 31.4 Å². The fourth-order valence-electron chi connectivity index (χ4n) is 3.00. The first-order valence-corrected chi connectivity index (χ1v) is 6.84. The third-order valence-corrected chi connectivity index (χ3v) is 4.07. The molecule has 92 valence electrons. The van der Waals surface area contributed by atoms with Crippen LogP contribution in [0.2, 0.25) is 0 Å². The van der Waals surface area contributed by atoms with Crippen LogP contribution in [0.25, 0.3) is 0 Å². The Labute approximate surface area is 102 Å². The lowest BCUT2D eigenvalue weighted by Crippen LogP contribution is -2.27. The molecule has 17 heavy (non-hydrogen) atoms. The summed E-state index contributed by atoms with van der Waals surface area (Å²) in [5.41, 5.74) is 1.19. The van der Waals surface area contributed by atoms with Gasteiger partial charge in [0.1, 0.15) is 0 Å². The number of aromatic nitrogens is 3. The molecule has 2 heterocycles. The Morgan fingerprint density at radius 3 is 2.53 bits per heavy atom. The zero-order valence-electron chi connectivity index (χ0n) is 10.2. The molecule has 0 aromatic carbocycles. The lowest BCUT2D eigenvalue weighted by Gasteiger charge is -2.21. The number of hydrogen-bond donors (Lipinski definition) is 1. The molecule has 4 heteroatoms. The van der Waals surface area contributed by atoms with Gasteiger partial charge in [0.25, 0.3) is 0 Å². The zero-order valence-corrected chi connectivity index (χ0v) is 10.2. The molecule has 2 aliphatic rings. The molecule has 0 spiro atoms. The van der Waals surface area contributed by atoms with E-state index in [9.17, 15) is 0 Å². The maximum Gasteiger partial charge on any atom is 0.154 e. The Balaban J connectivity index is 1.77. The van der Waals surface area contributed by atoms with E-state index < -0.39 is 0 Å². The molecule has 0 radical (unpaired) electrons. The van der Waals surface area contributed by atoms with Gasteiger partial charge >= 0.3 is 0 Å². The molecule has 0 unspecified atom stereocenters. The molecule has 1 N–H and O–H groups in total. The minimum Gasteiger partial charge on any atom is -0.317 e. The van der Waals surface area contributed by atoms with Crippen LogP contribution in [-0.2, 0) is 0 Å². The van der Waals surface area contributed by atoms with Crippen LogP contribution >= 0.6 is 0 Å². The van der Waals surface area contributed by atoms with Crippen LogP contribution in [0.5, 0.6) is 0 Å². The summed E-state index contributed by atoms with van der Waals surface area (Å²) in [5, 5.41) is 11.8. The van der Waals surface area contributed by atoms with Crippen molar-refractivity contribution in [3.05, 3.63) is 17.7 Å². The van der Waals surface area contributed by atoms with Crippen molar-refractivity contribution in [2.75, 3.05) is 13.1 Å². The van der Waals surface area contributed by atoms with Gasteiger partial charge in [-0.25, -0.2) is 4.98 Å². The third-order valence-electron chi connectivity index (χ3n) is 4.07. The highest BCUT2D eigenvalue weighted by molar-refractivity contribution is 5.08. The monoisotopic (exact) mass is 232 g/mol. The molecule has 2 fully saturated rings. The molecular formula is C13H20N4. The second kappa shape index (κ2) is 5.08. The van der Waals surface area contributed by atoms with Crippen molar-refractivity contribution in [2.45, 2.75) is 50.4 Å². The summed E-state index contributed by atoms with van der Waals surface area (Å²) in [4.78, 5) is 4.78. The molecule has 4 nitrogen and oxygen atoms in total. The topological polar surface area (TPSA) is 50.7 Å². The van der Waals surface area contributed by atoms with Crippen molar-refractivity contribution in [2.24, 2.45) is 0 Å². The minimum absolute atomic E-state index is 0.519. The van der Waals surface area contributed by atoms with Crippen LogP contribution < -0.4 is 5.32 Å². The largest absolute Gasteiger partial charge is 0.317 e. The normalized spacial score (nSPS) is 23.1. The van der Waals surface area contributed by atoms with Crippen LogP contribution in [0.3, 0.4) is 0 Å². The Bertz CT molecular complexity index is 367. The quantitative estimate of drug-likeness (QED) is 0.847. The van der Waals surface area contributed by atoms with Crippen LogP contribution in [0.4, 0.5) is 0 Å². The molecule has 1 aromatic heterocycles. The molecule has 1 aromatic rings. The van der Waals surface area contributed by atoms with Gasteiger partial charge < -0.3 is 5.32 Å². The minimum atomic E-state index is 0.519. The molecule has 1 saturated carbocycles. The van der Waals surface area contributed by atoms with Crippen LogP contribution in [0, 0.1) is 0 Å². The summed E-state index contributed by atoms with van der Waals surface area (Å²) < 4.78 is 0. The van der Waals surface area contributed by atoms with Crippen molar-refractivity contribution in [3.63, 3.8) is 0 Å². The molecule has 0 amide bonds. The van der Waals surface area contributed by atoms with Gasteiger partial charge in [-0.1, -0.05) is 12.8 Å². The van der Waals surface area contributed by atoms with E-state index in [2.05, 4.69) is 15.5 Å². The number of piperidine rings is 1. The summed E-state index contributed by atoms with van der Waals surface area (Å²) in [6, 6.07) is 0. The Morgan fingerprint density at radius 1 is 1.00 bits per heavy atom. The summed E-state index contributed by atoms with van der Waals surface area (Å²) in [5.74, 6) is 2.15. The second-order valence-corrected chi connectivity index (χ2v) is 5.25. The summed E-state index contributed by atoms with van der Waals surface area (Å²) in [6.45, 7) is 2.17. The summed E-state index contributed by atoms with van der Waals surface area (Å²) in [6.07, 6.45) is 9.43. The van der Waals surface area contributed by atoms with Gasteiger partial charge in [-0.3, -0.25) is 0 Å². The standard InChI is InChI=1S/C13H20N4/c1-2-4-10(3-1)12-9-15-17-13(16-12)11-5-7-14-8-6-11/h9-11,14H,1-8H2. The fourth-order valence-corrected chi connectivity index (χ4v) is 3.00. The number of rotatable bonds is 2. The SMILES string of the molecule is c1nnc(C2CCNCC2)nc1C1CCCC1. The van der Waals surface area contributed by atoms with Gasteiger partial charge in [-0.05, 0) is 38.8 Å². The average Bonchev–Trinajstić information content (AvgIpc) is 2.94. The van der Waals surface area contributed by atoms with E-state index in [0.717, 1.165) is 31.8 Å². The van der Waals surface area contributed by atoms with Gasteiger partial charge in [0.2, 0.25) is 0 Å². The maximum absolute atomic E-state index is 4.78. The lowest BCUT2D eigenvalue weighted by atomic mass is 9.97.